The van der Waals surface area contributed by atoms with Gasteiger partial charge in [-0.15, -0.1) is 0 Å². The smallest absolute Gasteiger partial charge is 0.338 e. The van der Waals surface area contributed by atoms with Crippen molar-refractivity contribution in [2.24, 2.45) is 0 Å². The van der Waals surface area contributed by atoms with Crippen LogP contribution in [0.4, 0.5) is 5.69 Å². The summed E-state index contributed by atoms with van der Waals surface area (Å²) in [6, 6.07) is 6.35. The normalized spacial score (nSPS) is 17.0. The Kier molecular flexibility index (Phi) is 5.51. The van der Waals surface area contributed by atoms with Crippen molar-refractivity contribution in [3.05, 3.63) is 29.8 Å². The summed E-state index contributed by atoms with van der Waals surface area (Å²) in [6.45, 7) is 2.04. The van der Waals surface area contributed by atoms with E-state index in [1.165, 1.54) is 11.8 Å². The second-order valence-electron chi connectivity index (χ2n) is 4.43. The lowest BCUT2D eigenvalue weighted by atomic mass is 10.2. The molecule has 1 aliphatic rings. The molecule has 6 nitrogen and oxygen atoms in total. The molecular formula is C14H14N2O4S2. The summed E-state index contributed by atoms with van der Waals surface area (Å²) in [4.78, 5) is 34.9. The summed E-state index contributed by atoms with van der Waals surface area (Å²) < 4.78 is 5.26. The minimum absolute atomic E-state index is 0.0380. The molecule has 0 unspecified atom stereocenters. The number of anilines is 1. The number of ether oxygens (including phenoxy) is 1. The van der Waals surface area contributed by atoms with Crippen LogP contribution in [0.2, 0.25) is 0 Å². The van der Waals surface area contributed by atoms with E-state index < -0.39 is 11.2 Å². The first-order chi connectivity index (χ1) is 10.5. The number of thiocarbonyl (C=S) groups is 1. The number of nitrogens with one attached hydrogen (secondary N) is 2. The van der Waals surface area contributed by atoms with Crippen LogP contribution in [0.5, 0.6) is 0 Å². The number of esters is 1. The Bertz CT molecular complexity index is 616. The van der Waals surface area contributed by atoms with Crippen molar-refractivity contribution in [1.29, 1.82) is 0 Å². The second kappa shape index (κ2) is 7.37. The van der Waals surface area contributed by atoms with Gasteiger partial charge in [0.25, 0.3) is 0 Å². The number of hydrogen-bond donors (Lipinski definition) is 2. The Balaban J connectivity index is 1.90. The maximum atomic E-state index is 11.9. The average Bonchev–Trinajstić information content (AvgIpc) is 2.77. The average molecular weight is 338 g/mol. The van der Waals surface area contributed by atoms with E-state index in [4.69, 9.17) is 17.0 Å². The molecule has 2 N–H and O–H groups in total. The fraction of sp³-hybridized carbons (Fsp3) is 0.286. The Labute approximate surface area is 137 Å². The second-order valence-corrected chi connectivity index (χ2v) is 6.31. The van der Waals surface area contributed by atoms with Gasteiger partial charge in [-0.25, -0.2) is 4.79 Å². The molecule has 1 aromatic rings. The van der Waals surface area contributed by atoms with Crippen molar-refractivity contribution in [2.75, 3.05) is 11.9 Å². The number of carbonyl (C=O) groups is 3. The monoisotopic (exact) mass is 338 g/mol. The standard InChI is InChI=1S/C14H14N2O4S2/c1-2-20-13(19)8-3-5-9(6-4-8)15-11(17)7-10-12(18)16-14(21)22-10/h3-6,10H,2,7H2,1H3,(H,15,17)(H,16,18,21)/t10-/m0/s1. The maximum Gasteiger partial charge on any atom is 0.338 e. The molecule has 2 rings (SSSR count). The van der Waals surface area contributed by atoms with Crippen molar-refractivity contribution >= 4 is 51.8 Å². The topological polar surface area (TPSA) is 84.5 Å². The summed E-state index contributed by atoms with van der Waals surface area (Å²) in [6.07, 6.45) is 0.0380. The highest BCUT2D eigenvalue weighted by Crippen LogP contribution is 2.22. The minimum atomic E-state index is -0.494. The molecule has 0 aliphatic carbocycles. The minimum Gasteiger partial charge on any atom is -0.462 e. The largest absolute Gasteiger partial charge is 0.462 e. The lowest BCUT2D eigenvalue weighted by molar-refractivity contribution is -0.122. The summed E-state index contributed by atoms with van der Waals surface area (Å²) in [7, 11) is 0. The molecule has 1 aliphatic heterocycles. The van der Waals surface area contributed by atoms with E-state index in [1.807, 2.05) is 0 Å². The third-order valence-electron chi connectivity index (χ3n) is 2.82. The lowest BCUT2D eigenvalue weighted by Crippen LogP contribution is -2.27. The number of amides is 2. The summed E-state index contributed by atoms with van der Waals surface area (Å²) in [5.41, 5.74) is 0.958. The van der Waals surface area contributed by atoms with Gasteiger partial charge in [0.1, 0.15) is 4.32 Å². The van der Waals surface area contributed by atoms with Crippen LogP contribution in [-0.2, 0) is 14.3 Å². The van der Waals surface area contributed by atoms with E-state index in [9.17, 15) is 14.4 Å². The molecule has 22 heavy (non-hydrogen) atoms. The number of rotatable bonds is 5. The summed E-state index contributed by atoms with van der Waals surface area (Å²) in [5.74, 6) is -0.947. The van der Waals surface area contributed by atoms with Gasteiger partial charge in [0.05, 0.1) is 17.4 Å². The summed E-state index contributed by atoms with van der Waals surface area (Å²) >= 11 is 6.04. The zero-order chi connectivity index (χ0) is 16.1. The van der Waals surface area contributed by atoms with Crippen LogP contribution in [0.1, 0.15) is 23.7 Å². The van der Waals surface area contributed by atoms with Gasteiger partial charge < -0.3 is 15.4 Å². The zero-order valence-corrected chi connectivity index (χ0v) is 13.4. The van der Waals surface area contributed by atoms with Gasteiger partial charge >= 0.3 is 5.97 Å². The number of thioether (sulfide) groups is 1. The molecule has 116 valence electrons. The van der Waals surface area contributed by atoms with Gasteiger partial charge in [0, 0.05) is 12.1 Å². The van der Waals surface area contributed by atoms with Crippen LogP contribution in [-0.4, -0.2) is 34.0 Å². The predicted molar refractivity (Wildman–Crippen MR) is 87.8 cm³/mol. The van der Waals surface area contributed by atoms with E-state index in [-0.39, 0.29) is 18.2 Å². The first-order valence-electron chi connectivity index (χ1n) is 6.58. The highest BCUT2D eigenvalue weighted by molar-refractivity contribution is 8.24. The van der Waals surface area contributed by atoms with Crippen LogP contribution in [0, 0.1) is 0 Å². The van der Waals surface area contributed by atoms with E-state index in [2.05, 4.69) is 10.6 Å². The fourth-order valence-corrected chi connectivity index (χ4v) is 3.08. The fourth-order valence-electron chi connectivity index (χ4n) is 1.81. The molecule has 0 saturated carbocycles. The number of hydrogen-bond acceptors (Lipinski definition) is 6. The highest BCUT2D eigenvalue weighted by atomic mass is 32.2. The van der Waals surface area contributed by atoms with E-state index in [0.29, 0.717) is 22.2 Å². The maximum absolute atomic E-state index is 11.9. The molecule has 0 spiro atoms. The van der Waals surface area contributed by atoms with Crippen LogP contribution >= 0.6 is 24.0 Å². The van der Waals surface area contributed by atoms with Gasteiger partial charge in [-0.3, -0.25) is 9.59 Å². The molecule has 0 aromatic heterocycles. The molecule has 0 bridgehead atoms. The van der Waals surface area contributed by atoms with E-state index >= 15 is 0 Å². The van der Waals surface area contributed by atoms with Crippen molar-refractivity contribution in [2.45, 2.75) is 18.6 Å². The van der Waals surface area contributed by atoms with Crippen molar-refractivity contribution < 1.29 is 19.1 Å². The number of carbonyl (C=O) groups excluding carboxylic acids is 3. The highest BCUT2D eigenvalue weighted by Gasteiger charge is 2.30. The molecule has 0 radical (unpaired) electrons. The van der Waals surface area contributed by atoms with Crippen LogP contribution in [0.3, 0.4) is 0 Å². The summed E-state index contributed by atoms with van der Waals surface area (Å²) in [5, 5.41) is 4.67. The van der Waals surface area contributed by atoms with Gasteiger partial charge in [0.15, 0.2) is 0 Å². The third kappa shape index (κ3) is 4.28. The van der Waals surface area contributed by atoms with Crippen LogP contribution in [0.25, 0.3) is 0 Å². The Morgan fingerprint density at radius 2 is 2.05 bits per heavy atom. The van der Waals surface area contributed by atoms with E-state index in [1.54, 1.807) is 31.2 Å². The molecule has 2 amide bonds. The predicted octanol–water partition coefficient (Wildman–Crippen LogP) is 1.71. The first-order valence-corrected chi connectivity index (χ1v) is 7.87. The van der Waals surface area contributed by atoms with Gasteiger partial charge in [-0.05, 0) is 31.2 Å². The Hall–Kier alpha value is -1.93. The molecule has 1 heterocycles. The molecular weight excluding hydrogens is 324 g/mol. The SMILES string of the molecule is CCOC(=O)c1ccc(NC(=O)C[C@@H]2SC(=S)NC2=O)cc1. The molecule has 1 fully saturated rings. The number of benzene rings is 1. The van der Waals surface area contributed by atoms with Gasteiger partial charge in [0.2, 0.25) is 11.8 Å². The lowest BCUT2D eigenvalue weighted by Gasteiger charge is -2.08. The zero-order valence-electron chi connectivity index (χ0n) is 11.8. The van der Waals surface area contributed by atoms with E-state index in [0.717, 1.165) is 0 Å². The molecule has 1 atom stereocenters. The van der Waals surface area contributed by atoms with Gasteiger partial charge in [-0.1, -0.05) is 24.0 Å². The van der Waals surface area contributed by atoms with Crippen LogP contribution < -0.4 is 10.6 Å². The van der Waals surface area contributed by atoms with Crippen molar-refractivity contribution in [3.8, 4) is 0 Å². The molecule has 1 saturated heterocycles. The Morgan fingerprint density at radius 3 is 2.59 bits per heavy atom. The van der Waals surface area contributed by atoms with Crippen molar-refractivity contribution in [1.82, 2.24) is 5.32 Å². The first kappa shape index (κ1) is 16.4. The quantitative estimate of drug-likeness (QED) is 0.628. The Morgan fingerprint density at radius 1 is 1.36 bits per heavy atom. The molecule has 1 aromatic carbocycles. The molecule has 8 heteroatoms. The van der Waals surface area contributed by atoms with Gasteiger partial charge in [-0.2, -0.15) is 0 Å². The third-order valence-corrected chi connectivity index (χ3v) is 4.19. The van der Waals surface area contributed by atoms with Crippen LogP contribution in [0.15, 0.2) is 24.3 Å². The van der Waals surface area contributed by atoms with Crippen molar-refractivity contribution in [3.63, 3.8) is 0 Å².